The number of hydrogen-bond acceptors (Lipinski definition) is 3. The van der Waals surface area contributed by atoms with Crippen LogP contribution in [0.1, 0.15) is 36.7 Å². The van der Waals surface area contributed by atoms with Crippen LogP contribution in [0, 0.1) is 0 Å². The van der Waals surface area contributed by atoms with Crippen LogP contribution < -0.4 is 10.6 Å². The van der Waals surface area contributed by atoms with Gasteiger partial charge >= 0.3 is 0 Å². The van der Waals surface area contributed by atoms with Gasteiger partial charge in [-0.1, -0.05) is 32.9 Å². The van der Waals surface area contributed by atoms with Crippen molar-refractivity contribution in [2.75, 3.05) is 11.9 Å². The number of nitrogens with zero attached hydrogens (tertiary/aromatic N) is 1. The van der Waals surface area contributed by atoms with E-state index in [0.717, 1.165) is 16.5 Å². The van der Waals surface area contributed by atoms with Crippen molar-refractivity contribution in [2.24, 2.45) is 0 Å². The molecular weight excluding hydrogens is 328 g/mol. The molecular formula is C20H22N4O2. The minimum atomic E-state index is -0.285. The smallest absolute Gasteiger partial charge is 0.251 e. The van der Waals surface area contributed by atoms with E-state index in [2.05, 4.69) is 41.6 Å². The Morgan fingerprint density at radius 1 is 1.08 bits per heavy atom. The number of aromatic amines is 1. The number of carbonyl (C=O) groups excluding carboxylic acids is 2. The molecule has 0 bridgehead atoms. The van der Waals surface area contributed by atoms with E-state index in [1.807, 2.05) is 24.3 Å². The van der Waals surface area contributed by atoms with Crippen molar-refractivity contribution >= 4 is 28.4 Å². The fourth-order valence-corrected chi connectivity index (χ4v) is 2.61. The minimum Gasteiger partial charge on any atom is -0.343 e. The molecule has 134 valence electrons. The number of anilines is 1. The number of fused-ring (bicyclic) bond motifs is 1. The van der Waals surface area contributed by atoms with Crippen LogP contribution in [0.15, 0.2) is 48.7 Å². The number of amides is 2. The molecule has 3 N–H and O–H groups in total. The Balaban J connectivity index is 1.55. The minimum absolute atomic E-state index is 0.0327. The quantitative estimate of drug-likeness (QED) is 0.675. The number of nitrogens with one attached hydrogen (secondary N) is 3. The van der Waals surface area contributed by atoms with E-state index in [-0.39, 0.29) is 23.8 Å². The first-order valence-corrected chi connectivity index (χ1v) is 8.45. The maximum atomic E-state index is 12.2. The van der Waals surface area contributed by atoms with Crippen LogP contribution in [0.25, 0.3) is 10.9 Å². The van der Waals surface area contributed by atoms with Crippen LogP contribution >= 0.6 is 0 Å². The maximum absolute atomic E-state index is 12.2. The SMILES string of the molecule is CC(C)(C)c1ccc(C(=O)NCC(=O)Nc2ccc3[nH]ncc3c2)cc1. The van der Waals surface area contributed by atoms with Crippen LogP contribution in [0.2, 0.25) is 0 Å². The van der Waals surface area contributed by atoms with E-state index < -0.39 is 0 Å². The Bertz CT molecular complexity index is 936. The molecule has 0 radical (unpaired) electrons. The zero-order valence-corrected chi connectivity index (χ0v) is 15.1. The van der Waals surface area contributed by atoms with Gasteiger partial charge in [0.25, 0.3) is 5.91 Å². The third-order valence-electron chi connectivity index (χ3n) is 4.15. The number of rotatable bonds is 4. The van der Waals surface area contributed by atoms with Gasteiger partial charge < -0.3 is 10.6 Å². The first kappa shape index (κ1) is 17.7. The summed E-state index contributed by atoms with van der Waals surface area (Å²) in [5, 5.41) is 13.1. The van der Waals surface area contributed by atoms with Gasteiger partial charge in [-0.05, 0) is 41.3 Å². The van der Waals surface area contributed by atoms with Crippen LogP contribution in [-0.2, 0) is 10.2 Å². The molecule has 2 amide bonds. The van der Waals surface area contributed by atoms with Crippen molar-refractivity contribution in [3.63, 3.8) is 0 Å². The van der Waals surface area contributed by atoms with Crippen molar-refractivity contribution in [1.82, 2.24) is 15.5 Å². The van der Waals surface area contributed by atoms with E-state index in [1.165, 1.54) is 0 Å². The molecule has 0 aliphatic carbocycles. The Hall–Kier alpha value is -3.15. The average Bonchev–Trinajstić information content (AvgIpc) is 3.07. The lowest BCUT2D eigenvalue weighted by molar-refractivity contribution is -0.115. The highest BCUT2D eigenvalue weighted by Crippen LogP contribution is 2.22. The molecule has 1 aromatic heterocycles. The van der Waals surface area contributed by atoms with Gasteiger partial charge in [-0.3, -0.25) is 14.7 Å². The van der Waals surface area contributed by atoms with Crippen molar-refractivity contribution in [1.29, 1.82) is 0 Å². The van der Waals surface area contributed by atoms with E-state index in [9.17, 15) is 9.59 Å². The molecule has 0 saturated carbocycles. The summed E-state index contributed by atoms with van der Waals surface area (Å²) in [6.45, 7) is 6.26. The van der Waals surface area contributed by atoms with Gasteiger partial charge in [-0.2, -0.15) is 5.10 Å². The molecule has 1 heterocycles. The van der Waals surface area contributed by atoms with E-state index in [1.54, 1.807) is 24.4 Å². The molecule has 0 saturated heterocycles. The highest BCUT2D eigenvalue weighted by molar-refractivity contribution is 6.00. The number of H-pyrrole nitrogens is 1. The molecule has 3 rings (SSSR count). The highest BCUT2D eigenvalue weighted by atomic mass is 16.2. The summed E-state index contributed by atoms with van der Waals surface area (Å²) in [6.07, 6.45) is 1.69. The largest absolute Gasteiger partial charge is 0.343 e. The molecule has 2 aromatic carbocycles. The molecule has 6 heteroatoms. The fourth-order valence-electron chi connectivity index (χ4n) is 2.61. The molecule has 0 atom stereocenters. The summed E-state index contributed by atoms with van der Waals surface area (Å²) >= 11 is 0. The molecule has 6 nitrogen and oxygen atoms in total. The fraction of sp³-hybridized carbons (Fsp3) is 0.250. The van der Waals surface area contributed by atoms with Crippen LogP contribution in [0.3, 0.4) is 0 Å². The van der Waals surface area contributed by atoms with Gasteiger partial charge in [0.1, 0.15) is 0 Å². The van der Waals surface area contributed by atoms with Gasteiger partial charge in [0, 0.05) is 16.6 Å². The van der Waals surface area contributed by atoms with Crippen LogP contribution in [-0.4, -0.2) is 28.6 Å². The number of carbonyl (C=O) groups is 2. The van der Waals surface area contributed by atoms with Crippen LogP contribution in [0.5, 0.6) is 0 Å². The lowest BCUT2D eigenvalue weighted by Gasteiger charge is -2.19. The predicted octanol–water partition coefficient (Wildman–Crippen LogP) is 3.23. The highest BCUT2D eigenvalue weighted by Gasteiger charge is 2.14. The van der Waals surface area contributed by atoms with E-state index >= 15 is 0 Å². The van der Waals surface area contributed by atoms with Crippen molar-refractivity contribution in [2.45, 2.75) is 26.2 Å². The standard InChI is InChI=1S/C20H22N4O2/c1-20(2,3)15-6-4-13(5-7-15)19(26)21-12-18(25)23-16-8-9-17-14(10-16)11-22-24-17/h4-11H,12H2,1-3H3,(H,21,26)(H,22,24)(H,23,25). The summed E-state index contributed by atoms with van der Waals surface area (Å²) in [4.78, 5) is 24.3. The number of hydrogen-bond donors (Lipinski definition) is 3. The second-order valence-electron chi connectivity index (χ2n) is 7.23. The third kappa shape index (κ3) is 4.08. The van der Waals surface area contributed by atoms with Gasteiger partial charge in [0.15, 0.2) is 0 Å². The van der Waals surface area contributed by atoms with Crippen molar-refractivity contribution < 1.29 is 9.59 Å². The average molecular weight is 350 g/mol. The predicted molar refractivity (Wildman–Crippen MR) is 102 cm³/mol. The molecule has 3 aromatic rings. The molecule has 0 aliphatic heterocycles. The second kappa shape index (κ2) is 7.00. The molecule has 0 unspecified atom stereocenters. The molecule has 26 heavy (non-hydrogen) atoms. The second-order valence-corrected chi connectivity index (χ2v) is 7.23. The maximum Gasteiger partial charge on any atom is 0.251 e. The Morgan fingerprint density at radius 3 is 2.50 bits per heavy atom. The normalized spacial score (nSPS) is 11.3. The third-order valence-corrected chi connectivity index (χ3v) is 4.15. The monoisotopic (exact) mass is 350 g/mol. The number of benzene rings is 2. The van der Waals surface area contributed by atoms with Crippen molar-refractivity contribution in [3.05, 3.63) is 59.8 Å². The number of aromatic nitrogens is 2. The first-order valence-electron chi connectivity index (χ1n) is 8.45. The summed E-state index contributed by atoms with van der Waals surface area (Å²) in [5.74, 6) is -0.557. The summed E-state index contributed by atoms with van der Waals surface area (Å²) < 4.78 is 0. The lowest BCUT2D eigenvalue weighted by Crippen LogP contribution is -2.32. The van der Waals surface area contributed by atoms with Gasteiger partial charge in [-0.15, -0.1) is 0 Å². The lowest BCUT2D eigenvalue weighted by atomic mass is 9.87. The van der Waals surface area contributed by atoms with Crippen LogP contribution in [0.4, 0.5) is 5.69 Å². The van der Waals surface area contributed by atoms with Crippen molar-refractivity contribution in [3.8, 4) is 0 Å². The van der Waals surface area contributed by atoms with E-state index in [4.69, 9.17) is 0 Å². The van der Waals surface area contributed by atoms with Gasteiger partial charge in [0.2, 0.25) is 5.91 Å². The zero-order chi connectivity index (χ0) is 18.7. The molecule has 0 spiro atoms. The zero-order valence-electron chi connectivity index (χ0n) is 15.1. The van der Waals surface area contributed by atoms with Gasteiger partial charge in [0.05, 0.1) is 18.3 Å². The topological polar surface area (TPSA) is 86.9 Å². The van der Waals surface area contributed by atoms with E-state index in [0.29, 0.717) is 11.3 Å². The van der Waals surface area contributed by atoms with Gasteiger partial charge in [-0.25, -0.2) is 0 Å². The Morgan fingerprint density at radius 2 is 1.81 bits per heavy atom. The Labute approximate surface area is 152 Å². The summed E-state index contributed by atoms with van der Waals surface area (Å²) in [5.41, 5.74) is 3.28. The molecule has 0 fully saturated rings. The molecule has 0 aliphatic rings. The Kier molecular flexibility index (Phi) is 4.75. The first-order chi connectivity index (χ1) is 12.3. The summed E-state index contributed by atoms with van der Waals surface area (Å²) in [6, 6.07) is 12.9. The summed E-state index contributed by atoms with van der Waals surface area (Å²) in [7, 11) is 0.